The SMILES string of the molecule is C.CCc1ncnc(CCCc2ccc(Oc3ccc(C(F)(F)F)cn3)cc2)c1Cl. The van der Waals surface area contributed by atoms with E-state index in [9.17, 15) is 13.2 Å². The molecule has 0 saturated heterocycles. The van der Waals surface area contributed by atoms with Crippen LogP contribution in [-0.2, 0) is 25.4 Å². The van der Waals surface area contributed by atoms with Gasteiger partial charge in [-0.2, -0.15) is 13.2 Å². The average Bonchev–Trinajstić information content (AvgIpc) is 2.70. The quantitative estimate of drug-likeness (QED) is 0.412. The standard InChI is InChI=1S/C21H19ClF3N3O.CH4/c1-2-17-20(22)18(28-13-27-17)5-3-4-14-6-9-16(10-7-14)29-19-11-8-15(12-26-19)21(23,24)25;/h6-13H,2-5H2,1H3;1H4. The molecule has 30 heavy (non-hydrogen) atoms. The second kappa shape index (κ2) is 10.4. The molecule has 0 spiro atoms. The molecule has 0 fully saturated rings. The van der Waals surface area contributed by atoms with E-state index in [0.717, 1.165) is 54.9 Å². The molecule has 4 nitrogen and oxygen atoms in total. The fourth-order valence-electron chi connectivity index (χ4n) is 2.78. The Balaban J connectivity index is 0.00000320. The summed E-state index contributed by atoms with van der Waals surface area (Å²) in [6.07, 6.45) is 1.11. The molecule has 8 heteroatoms. The smallest absolute Gasteiger partial charge is 0.417 e. The van der Waals surface area contributed by atoms with Crippen LogP contribution in [0.25, 0.3) is 0 Å². The Morgan fingerprint density at radius 1 is 0.933 bits per heavy atom. The minimum atomic E-state index is -4.42. The predicted octanol–water partition coefficient (Wildman–Crippen LogP) is 6.71. The van der Waals surface area contributed by atoms with Crippen molar-refractivity contribution in [2.24, 2.45) is 0 Å². The minimum Gasteiger partial charge on any atom is -0.439 e. The molecule has 3 aromatic rings. The molecule has 3 rings (SSSR count). The van der Waals surface area contributed by atoms with Gasteiger partial charge in [0.25, 0.3) is 0 Å². The summed E-state index contributed by atoms with van der Waals surface area (Å²) in [4.78, 5) is 12.1. The molecule has 2 heterocycles. The third-order valence-electron chi connectivity index (χ3n) is 4.36. The summed E-state index contributed by atoms with van der Waals surface area (Å²) in [5, 5.41) is 0.641. The molecule has 160 valence electrons. The first-order valence-electron chi connectivity index (χ1n) is 9.15. The number of nitrogens with zero attached hydrogens (tertiary/aromatic N) is 3. The van der Waals surface area contributed by atoms with Crippen LogP contribution in [0.1, 0.15) is 43.3 Å². The van der Waals surface area contributed by atoms with Gasteiger partial charge in [-0.05, 0) is 49.4 Å². The van der Waals surface area contributed by atoms with Crippen LogP contribution in [0, 0.1) is 0 Å². The summed E-state index contributed by atoms with van der Waals surface area (Å²) >= 11 is 6.31. The number of aromatic nitrogens is 3. The van der Waals surface area contributed by atoms with Gasteiger partial charge in [-0.25, -0.2) is 15.0 Å². The van der Waals surface area contributed by atoms with E-state index in [2.05, 4.69) is 15.0 Å². The molecule has 0 radical (unpaired) electrons. The molecular formula is C22H23ClF3N3O. The number of hydrogen-bond acceptors (Lipinski definition) is 4. The number of pyridine rings is 1. The Kier molecular flexibility index (Phi) is 8.17. The fourth-order valence-corrected chi connectivity index (χ4v) is 3.11. The van der Waals surface area contributed by atoms with Crippen molar-refractivity contribution in [3.8, 4) is 11.6 Å². The van der Waals surface area contributed by atoms with E-state index >= 15 is 0 Å². The van der Waals surface area contributed by atoms with Crippen molar-refractivity contribution in [2.75, 3.05) is 0 Å². The second-order valence-electron chi connectivity index (χ2n) is 6.42. The first kappa shape index (κ1) is 23.6. The van der Waals surface area contributed by atoms with E-state index in [1.165, 1.54) is 6.07 Å². The van der Waals surface area contributed by atoms with Gasteiger partial charge in [-0.3, -0.25) is 0 Å². The summed E-state index contributed by atoms with van der Waals surface area (Å²) in [5.74, 6) is 0.614. The number of hydrogen-bond donors (Lipinski definition) is 0. The van der Waals surface area contributed by atoms with E-state index in [1.54, 1.807) is 18.5 Å². The zero-order valence-corrected chi connectivity index (χ0v) is 16.5. The van der Waals surface area contributed by atoms with E-state index in [0.29, 0.717) is 10.8 Å². The Hall–Kier alpha value is -2.67. The van der Waals surface area contributed by atoms with E-state index < -0.39 is 11.7 Å². The number of alkyl halides is 3. The van der Waals surface area contributed by atoms with Crippen LogP contribution in [0.5, 0.6) is 11.6 Å². The van der Waals surface area contributed by atoms with Gasteiger partial charge in [0.05, 0.1) is 22.0 Å². The highest BCUT2D eigenvalue weighted by Gasteiger charge is 2.30. The van der Waals surface area contributed by atoms with Crippen LogP contribution in [-0.4, -0.2) is 15.0 Å². The molecule has 0 saturated carbocycles. The van der Waals surface area contributed by atoms with Crippen LogP contribution < -0.4 is 4.74 Å². The minimum absolute atomic E-state index is 0. The Labute approximate surface area is 179 Å². The van der Waals surface area contributed by atoms with Crippen molar-refractivity contribution in [3.63, 3.8) is 0 Å². The van der Waals surface area contributed by atoms with Crippen molar-refractivity contribution in [1.82, 2.24) is 15.0 Å². The Bertz CT molecular complexity index is 945. The monoisotopic (exact) mass is 437 g/mol. The molecule has 0 aliphatic carbocycles. The second-order valence-corrected chi connectivity index (χ2v) is 6.79. The van der Waals surface area contributed by atoms with Crippen LogP contribution in [0.15, 0.2) is 48.9 Å². The van der Waals surface area contributed by atoms with E-state index in [-0.39, 0.29) is 13.3 Å². The average molecular weight is 438 g/mol. The number of rotatable bonds is 7. The van der Waals surface area contributed by atoms with Gasteiger partial charge in [0.1, 0.15) is 12.1 Å². The summed E-state index contributed by atoms with van der Waals surface area (Å²) in [5.41, 5.74) is 2.01. The zero-order chi connectivity index (χ0) is 20.9. The van der Waals surface area contributed by atoms with Crippen molar-refractivity contribution in [1.29, 1.82) is 0 Å². The van der Waals surface area contributed by atoms with Crippen molar-refractivity contribution in [2.45, 2.75) is 46.2 Å². The van der Waals surface area contributed by atoms with Crippen LogP contribution in [0.4, 0.5) is 13.2 Å². The van der Waals surface area contributed by atoms with Crippen LogP contribution >= 0.6 is 11.6 Å². The van der Waals surface area contributed by atoms with Gasteiger partial charge in [-0.15, -0.1) is 0 Å². The lowest BCUT2D eigenvalue weighted by Gasteiger charge is -2.09. The van der Waals surface area contributed by atoms with Crippen molar-refractivity contribution >= 4 is 11.6 Å². The third kappa shape index (κ3) is 6.16. The molecule has 0 aliphatic rings. The molecule has 0 unspecified atom stereocenters. The molecule has 0 N–H and O–H groups in total. The molecule has 0 amide bonds. The molecule has 1 aromatic carbocycles. The lowest BCUT2D eigenvalue weighted by molar-refractivity contribution is -0.137. The topological polar surface area (TPSA) is 47.9 Å². The normalized spacial score (nSPS) is 11.1. The maximum atomic E-state index is 12.6. The summed E-state index contributed by atoms with van der Waals surface area (Å²) in [6, 6.07) is 9.51. The first-order valence-corrected chi connectivity index (χ1v) is 9.53. The number of halogens is 4. The van der Waals surface area contributed by atoms with E-state index in [4.69, 9.17) is 16.3 Å². The molecule has 0 bridgehead atoms. The number of benzene rings is 1. The highest BCUT2D eigenvalue weighted by molar-refractivity contribution is 6.31. The third-order valence-corrected chi connectivity index (χ3v) is 4.79. The van der Waals surface area contributed by atoms with Gasteiger partial charge in [0.2, 0.25) is 5.88 Å². The summed E-state index contributed by atoms with van der Waals surface area (Å²) < 4.78 is 43.2. The molecule has 0 atom stereocenters. The van der Waals surface area contributed by atoms with Gasteiger partial charge in [-0.1, -0.05) is 38.1 Å². The highest BCUT2D eigenvalue weighted by Crippen LogP contribution is 2.30. The zero-order valence-electron chi connectivity index (χ0n) is 15.7. The fraction of sp³-hybridized carbons (Fsp3) is 0.318. The van der Waals surface area contributed by atoms with E-state index in [1.807, 2.05) is 19.1 Å². The van der Waals surface area contributed by atoms with Gasteiger partial charge >= 0.3 is 6.18 Å². The number of ether oxygens (including phenoxy) is 1. The largest absolute Gasteiger partial charge is 0.439 e. The van der Waals surface area contributed by atoms with Gasteiger partial charge < -0.3 is 4.74 Å². The Morgan fingerprint density at radius 3 is 2.23 bits per heavy atom. The highest BCUT2D eigenvalue weighted by atomic mass is 35.5. The predicted molar refractivity (Wildman–Crippen MR) is 111 cm³/mol. The lowest BCUT2D eigenvalue weighted by atomic mass is 10.1. The Morgan fingerprint density at radius 2 is 1.63 bits per heavy atom. The number of aryl methyl sites for hydroxylation is 3. The maximum absolute atomic E-state index is 12.6. The lowest BCUT2D eigenvalue weighted by Crippen LogP contribution is -2.05. The molecule has 0 aliphatic heterocycles. The van der Waals surface area contributed by atoms with Gasteiger partial charge in [0.15, 0.2) is 0 Å². The van der Waals surface area contributed by atoms with Crippen LogP contribution in [0.3, 0.4) is 0 Å². The van der Waals surface area contributed by atoms with Crippen LogP contribution in [0.2, 0.25) is 5.02 Å². The summed E-state index contributed by atoms with van der Waals surface area (Å²) in [6.45, 7) is 2.00. The van der Waals surface area contributed by atoms with Crippen molar-refractivity contribution < 1.29 is 17.9 Å². The molecule has 2 aromatic heterocycles. The van der Waals surface area contributed by atoms with Crippen molar-refractivity contribution in [3.05, 3.63) is 76.5 Å². The first-order chi connectivity index (χ1) is 13.9. The summed E-state index contributed by atoms with van der Waals surface area (Å²) in [7, 11) is 0. The van der Waals surface area contributed by atoms with Gasteiger partial charge in [0, 0.05) is 12.3 Å². The maximum Gasteiger partial charge on any atom is 0.417 e. The molecular weight excluding hydrogens is 415 g/mol.